The van der Waals surface area contributed by atoms with Crippen molar-refractivity contribution in [1.82, 2.24) is 9.78 Å². The predicted molar refractivity (Wildman–Crippen MR) is 131 cm³/mol. The highest BCUT2D eigenvalue weighted by Gasteiger charge is 2.15. The van der Waals surface area contributed by atoms with E-state index in [4.69, 9.17) is 9.47 Å². The van der Waals surface area contributed by atoms with Gasteiger partial charge in [-0.05, 0) is 53.9 Å². The molecule has 1 heterocycles. The van der Waals surface area contributed by atoms with E-state index in [-0.39, 0.29) is 24.0 Å². The number of nitrogens with zero attached hydrogens (tertiary/aromatic N) is 3. The minimum Gasteiger partial charge on any atom is -0.497 e. The first-order valence-corrected chi connectivity index (χ1v) is 10.8. The second kappa shape index (κ2) is 10.5. The monoisotopic (exact) mass is 472 g/mol. The number of hydrogen-bond donors (Lipinski definition) is 1. The third-order valence-electron chi connectivity index (χ3n) is 5.26. The molecule has 9 nitrogen and oxygen atoms in total. The van der Waals surface area contributed by atoms with E-state index in [0.29, 0.717) is 23.4 Å². The number of aromatic nitrogens is 2. The van der Waals surface area contributed by atoms with E-state index in [1.54, 1.807) is 67.5 Å². The third-order valence-corrected chi connectivity index (χ3v) is 5.26. The van der Waals surface area contributed by atoms with Crippen molar-refractivity contribution >= 4 is 17.3 Å². The van der Waals surface area contributed by atoms with Crippen LogP contribution in [0.4, 0.5) is 11.4 Å². The molecule has 35 heavy (non-hydrogen) atoms. The van der Waals surface area contributed by atoms with Gasteiger partial charge in [0.05, 0.1) is 30.5 Å². The molecule has 0 spiro atoms. The summed E-state index contributed by atoms with van der Waals surface area (Å²) in [6, 6.07) is 19.4. The van der Waals surface area contributed by atoms with Gasteiger partial charge >= 0.3 is 5.69 Å². The Labute approximate surface area is 202 Å². The number of hydrogen-bond acceptors (Lipinski definition) is 6. The van der Waals surface area contributed by atoms with Gasteiger partial charge in [0.2, 0.25) is 0 Å². The molecular formula is C26H24N4O5. The highest BCUT2D eigenvalue weighted by atomic mass is 16.6. The molecule has 1 N–H and O–H groups in total. The molecule has 1 amide bonds. The smallest absolute Gasteiger partial charge is 0.311 e. The summed E-state index contributed by atoms with van der Waals surface area (Å²) in [4.78, 5) is 23.6. The SMILES string of the molecule is COc1cccc(Cn2cc(NC(=O)c3cccc(COc4ccc(C)cc4[N+](=O)[O-])c3)cn2)c1. The van der Waals surface area contributed by atoms with Gasteiger partial charge in [0.15, 0.2) is 5.75 Å². The lowest BCUT2D eigenvalue weighted by atomic mass is 10.1. The molecule has 0 aliphatic rings. The number of carbonyl (C=O) groups excluding carboxylic acids is 1. The number of nitro benzene ring substituents is 1. The van der Waals surface area contributed by atoms with Crippen LogP contribution in [-0.4, -0.2) is 27.7 Å². The Morgan fingerprint density at radius 2 is 1.89 bits per heavy atom. The van der Waals surface area contributed by atoms with E-state index in [0.717, 1.165) is 16.9 Å². The van der Waals surface area contributed by atoms with Crippen molar-refractivity contribution in [2.24, 2.45) is 0 Å². The van der Waals surface area contributed by atoms with E-state index in [2.05, 4.69) is 10.4 Å². The van der Waals surface area contributed by atoms with E-state index in [9.17, 15) is 14.9 Å². The fraction of sp³-hybridized carbons (Fsp3) is 0.154. The zero-order chi connectivity index (χ0) is 24.8. The Morgan fingerprint density at radius 3 is 2.69 bits per heavy atom. The molecule has 0 radical (unpaired) electrons. The molecule has 178 valence electrons. The Kier molecular flexibility index (Phi) is 7.06. The number of benzene rings is 3. The minimum absolute atomic E-state index is 0.0868. The first-order valence-electron chi connectivity index (χ1n) is 10.8. The number of nitro groups is 1. The number of aryl methyl sites for hydroxylation is 1. The number of nitrogens with one attached hydrogen (secondary N) is 1. The maximum absolute atomic E-state index is 12.8. The van der Waals surface area contributed by atoms with Crippen molar-refractivity contribution in [1.29, 1.82) is 0 Å². The molecule has 0 atom stereocenters. The second-order valence-electron chi connectivity index (χ2n) is 7.95. The lowest BCUT2D eigenvalue weighted by Gasteiger charge is -2.09. The summed E-state index contributed by atoms with van der Waals surface area (Å²) in [5.41, 5.74) is 3.41. The van der Waals surface area contributed by atoms with Crippen LogP contribution in [0.3, 0.4) is 0 Å². The van der Waals surface area contributed by atoms with Gasteiger partial charge in [-0.3, -0.25) is 19.6 Å². The van der Waals surface area contributed by atoms with Crippen LogP contribution < -0.4 is 14.8 Å². The van der Waals surface area contributed by atoms with E-state index in [1.165, 1.54) is 6.07 Å². The van der Waals surface area contributed by atoms with Crippen molar-refractivity contribution in [2.75, 3.05) is 12.4 Å². The van der Waals surface area contributed by atoms with Crippen molar-refractivity contribution in [3.63, 3.8) is 0 Å². The molecular weight excluding hydrogens is 448 g/mol. The maximum Gasteiger partial charge on any atom is 0.311 e. The molecule has 0 saturated heterocycles. The fourth-order valence-corrected chi connectivity index (χ4v) is 3.53. The Balaban J connectivity index is 1.39. The van der Waals surface area contributed by atoms with Crippen molar-refractivity contribution in [3.05, 3.63) is 111 Å². The van der Waals surface area contributed by atoms with Crippen LogP contribution in [0.2, 0.25) is 0 Å². The molecule has 0 unspecified atom stereocenters. The van der Waals surface area contributed by atoms with Gasteiger partial charge in [-0.25, -0.2) is 0 Å². The van der Waals surface area contributed by atoms with Crippen molar-refractivity contribution < 1.29 is 19.2 Å². The molecule has 9 heteroatoms. The second-order valence-corrected chi connectivity index (χ2v) is 7.95. The number of ether oxygens (including phenoxy) is 2. The molecule has 0 aliphatic heterocycles. The quantitative estimate of drug-likeness (QED) is 0.272. The van der Waals surface area contributed by atoms with Crippen LogP contribution in [0.25, 0.3) is 0 Å². The molecule has 0 aliphatic carbocycles. The predicted octanol–water partition coefficient (Wildman–Crippen LogP) is 4.99. The first-order chi connectivity index (χ1) is 16.9. The highest BCUT2D eigenvalue weighted by molar-refractivity contribution is 6.04. The molecule has 0 fully saturated rings. The summed E-state index contributed by atoms with van der Waals surface area (Å²) in [5.74, 6) is 0.650. The normalized spacial score (nSPS) is 10.6. The number of methoxy groups -OCH3 is 1. The van der Waals surface area contributed by atoms with Gasteiger partial charge in [0.1, 0.15) is 12.4 Å². The highest BCUT2D eigenvalue weighted by Crippen LogP contribution is 2.28. The summed E-state index contributed by atoms with van der Waals surface area (Å²) in [6.45, 7) is 2.40. The molecule has 0 bridgehead atoms. The topological polar surface area (TPSA) is 109 Å². The zero-order valence-corrected chi connectivity index (χ0v) is 19.3. The fourth-order valence-electron chi connectivity index (χ4n) is 3.53. The van der Waals surface area contributed by atoms with Gasteiger partial charge in [-0.2, -0.15) is 5.10 Å². The van der Waals surface area contributed by atoms with Crippen LogP contribution in [0.1, 0.15) is 27.0 Å². The van der Waals surface area contributed by atoms with Gasteiger partial charge in [0.25, 0.3) is 5.91 Å². The van der Waals surface area contributed by atoms with Gasteiger partial charge in [0, 0.05) is 17.8 Å². The number of anilines is 1. The lowest BCUT2D eigenvalue weighted by Crippen LogP contribution is -2.12. The zero-order valence-electron chi connectivity index (χ0n) is 19.3. The average Bonchev–Trinajstić information content (AvgIpc) is 3.29. The Morgan fingerprint density at radius 1 is 1.09 bits per heavy atom. The summed E-state index contributed by atoms with van der Waals surface area (Å²) >= 11 is 0. The molecule has 4 rings (SSSR count). The molecule has 0 saturated carbocycles. The number of amides is 1. The summed E-state index contributed by atoms with van der Waals surface area (Å²) < 4.78 is 12.6. The number of carbonyl (C=O) groups is 1. The van der Waals surface area contributed by atoms with Crippen molar-refractivity contribution in [2.45, 2.75) is 20.1 Å². The lowest BCUT2D eigenvalue weighted by molar-refractivity contribution is -0.386. The van der Waals surface area contributed by atoms with Gasteiger partial charge in [-0.15, -0.1) is 0 Å². The molecule has 1 aromatic heterocycles. The van der Waals surface area contributed by atoms with Crippen LogP contribution in [-0.2, 0) is 13.2 Å². The molecule has 3 aromatic carbocycles. The van der Waals surface area contributed by atoms with Crippen LogP contribution in [0.5, 0.6) is 11.5 Å². The van der Waals surface area contributed by atoms with Gasteiger partial charge < -0.3 is 14.8 Å². The first kappa shape index (κ1) is 23.5. The van der Waals surface area contributed by atoms with E-state index < -0.39 is 4.92 Å². The molecule has 4 aromatic rings. The average molecular weight is 473 g/mol. The van der Waals surface area contributed by atoms with E-state index in [1.807, 2.05) is 24.3 Å². The third kappa shape index (κ3) is 6.02. The van der Waals surface area contributed by atoms with Crippen LogP contribution in [0, 0.1) is 17.0 Å². The van der Waals surface area contributed by atoms with E-state index >= 15 is 0 Å². The standard InChI is InChI=1S/C26H24N4O5/c1-18-9-10-25(24(11-18)30(32)33)35-17-20-6-3-7-21(12-20)26(31)28-22-14-27-29(16-22)15-19-5-4-8-23(13-19)34-2/h3-14,16H,15,17H2,1-2H3,(H,28,31). The van der Waals surface area contributed by atoms with Crippen molar-refractivity contribution in [3.8, 4) is 11.5 Å². The number of rotatable bonds is 9. The minimum atomic E-state index is -0.472. The Hall–Kier alpha value is -4.66. The van der Waals surface area contributed by atoms with Gasteiger partial charge in [-0.1, -0.05) is 30.3 Å². The van der Waals surface area contributed by atoms with Crippen LogP contribution in [0.15, 0.2) is 79.1 Å². The largest absolute Gasteiger partial charge is 0.497 e. The summed E-state index contributed by atoms with van der Waals surface area (Å²) in [6.07, 6.45) is 3.34. The summed E-state index contributed by atoms with van der Waals surface area (Å²) in [5, 5.41) is 18.4. The summed E-state index contributed by atoms with van der Waals surface area (Å²) in [7, 11) is 1.62. The maximum atomic E-state index is 12.8. The van der Waals surface area contributed by atoms with Crippen LogP contribution >= 0.6 is 0 Å². The Bertz CT molecular complexity index is 1370.